The van der Waals surface area contributed by atoms with Gasteiger partial charge in [0.25, 0.3) is 0 Å². The van der Waals surface area contributed by atoms with Crippen LogP contribution in [-0.4, -0.2) is 31.0 Å². The van der Waals surface area contributed by atoms with Crippen molar-refractivity contribution in [2.75, 3.05) is 13.1 Å². The van der Waals surface area contributed by atoms with Crippen LogP contribution in [0.25, 0.3) is 0 Å². The number of guanidine groups is 1. The summed E-state index contributed by atoms with van der Waals surface area (Å²) in [5.41, 5.74) is 0.787. The lowest BCUT2D eigenvalue weighted by atomic mass is 10.2. The zero-order valence-corrected chi connectivity index (χ0v) is 12.2. The third kappa shape index (κ3) is 5.81. The van der Waals surface area contributed by atoms with Crippen LogP contribution in [0.1, 0.15) is 25.3 Å². The van der Waals surface area contributed by atoms with Crippen LogP contribution in [0.3, 0.4) is 0 Å². The number of hydrogen-bond acceptors (Lipinski definition) is 2. The molecule has 2 rings (SSSR count). The van der Waals surface area contributed by atoms with Gasteiger partial charge in [0.05, 0.1) is 13.1 Å². The SMILES string of the molecule is CCNC(=NCc1cccc(F)c1)NCC(=O)NC1CC1. The molecule has 1 aliphatic rings. The lowest BCUT2D eigenvalue weighted by Gasteiger charge is -2.11. The minimum atomic E-state index is -0.274. The summed E-state index contributed by atoms with van der Waals surface area (Å²) < 4.78 is 13.1. The van der Waals surface area contributed by atoms with Crippen LogP contribution in [0, 0.1) is 5.82 Å². The summed E-state index contributed by atoms with van der Waals surface area (Å²) in [7, 11) is 0. The van der Waals surface area contributed by atoms with E-state index in [1.165, 1.54) is 12.1 Å². The summed E-state index contributed by atoms with van der Waals surface area (Å²) in [5.74, 6) is 0.242. The van der Waals surface area contributed by atoms with E-state index in [9.17, 15) is 9.18 Å². The summed E-state index contributed by atoms with van der Waals surface area (Å²) in [6, 6.07) is 6.68. The van der Waals surface area contributed by atoms with Crippen LogP contribution in [0.15, 0.2) is 29.3 Å². The highest BCUT2D eigenvalue weighted by atomic mass is 19.1. The number of hydrogen-bond donors (Lipinski definition) is 3. The van der Waals surface area contributed by atoms with E-state index < -0.39 is 0 Å². The normalized spacial score (nSPS) is 14.7. The second-order valence-electron chi connectivity index (χ2n) is 5.02. The Morgan fingerprint density at radius 2 is 2.19 bits per heavy atom. The number of rotatable bonds is 6. The molecule has 0 atom stereocenters. The Kier molecular flexibility index (Phi) is 5.54. The molecule has 0 aliphatic heterocycles. The number of aliphatic imine (C=N–C) groups is 1. The fourth-order valence-corrected chi connectivity index (χ4v) is 1.82. The maximum Gasteiger partial charge on any atom is 0.239 e. The molecule has 114 valence electrons. The van der Waals surface area contributed by atoms with Crippen molar-refractivity contribution in [3.8, 4) is 0 Å². The highest BCUT2D eigenvalue weighted by Crippen LogP contribution is 2.18. The molecule has 0 radical (unpaired) electrons. The van der Waals surface area contributed by atoms with Crippen molar-refractivity contribution in [3.63, 3.8) is 0 Å². The van der Waals surface area contributed by atoms with Gasteiger partial charge in [-0.25, -0.2) is 9.38 Å². The van der Waals surface area contributed by atoms with Gasteiger partial charge in [0, 0.05) is 12.6 Å². The van der Waals surface area contributed by atoms with E-state index in [0.717, 1.165) is 18.4 Å². The van der Waals surface area contributed by atoms with Crippen molar-refractivity contribution in [3.05, 3.63) is 35.6 Å². The van der Waals surface area contributed by atoms with E-state index in [0.29, 0.717) is 25.1 Å². The van der Waals surface area contributed by atoms with Gasteiger partial charge >= 0.3 is 0 Å². The Morgan fingerprint density at radius 1 is 1.38 bits per heavy atom. The average Bonchev–Trinajstić information content (AvgIpc) is 3.26. The number of carbonyl (C=O) groups excluding carboxylic acids is 1. The zero-order valence-electron chi connectivity index (χ0n) is 12.2. The Labute approximate surface area is 124 Å². The quantitative estimate of drug-likeness (QED) is 0.544. The fourth-order valence-electron chi connectivity index (χ4n) is 1.82. The van der Waals surface area contributed by atoms with E-state index in [1.54, 1.807) is 6.07 Å². The topological polar surface area (TPSA) is 65.5 Å². The molecule has 0 saturated heterocycles. The first kappa shape index (κ1) is 15.3. The Morgan fingerprint density at radius 3 is 2.86 bits per heavy atom. The number of nitrogens with zero attached hydrogens (tertiary/aromatic N) is 1. The van der Waals surface area contributed by atoms with Gasteiger partial charge < -0.3 is 16.0 Å². The molecular weight excluding hydrogens is 271 g/mol. The molecule has 1 aliphatic carbocycles. The molecule has 0 bridgehead atoms. The smallest absolute Gasteiger partial charge is 0.239 e. The molecule has 21 heavy (non-hydrogen) atoms. The molecule has 6 heteroatoms. The van der Waals surface area contributed by atoms with Crippen molar-refractivity contribution in [1.82, 2.24) is 16.0 Å². The fraction of sp³-hybridized carbons (Fsp3) is 0.467. The van der Waals surface area contributed by atoms with Crippen LogP contribution in [0.5, 0.6) is 0 Å². The molecule has 1 amide bonds. The first-order valence-electron chi connectivity index (χ1n) is 7.23. The molecule has 1 saturated carbocycles. The average molecular weight is 292 g/mol. The molecule has 0 aromatic heterocycles. The lowest BCUT2D eigenvalue weighted by Crippen LogP contribution is -2.43. The molecule has 0 heterocycles. The monoisotopic (exact) mass is 292 g/mol. The first-order valence-corrected chi connectivity index (χ1v) is 7.23. The number of amides is 1. The second-order valence-corrected chi connectivity index (χ2v) is 5.02. The predicted molar refractivity (Wildman–Crippen MR) is 80.4 cm³/mol. The number of benzene rings is 1. The predicted octanol–water partition coefficient (Wildman–Crippen LogP) is 1.16. The summed E-state index contributed by atoms with van der Waals surface area (Å²) in [6.07, 6.45) is 2.14. The van der Waals surface area contributed by atoms with E-state index in [1.807, 2.05) is 13.0 Å². The molecule has 3 N–H and O–H groups in total. The number of halogens is 1. The van der Waals surface area contributed by atoms with Gasteiger partial charge in [-0.15, -0.1) is 0 Å². The van der Waals surface area contributed by atoms with Gasteiger partial charge in [0.1, 0.15) is 5.82 Å². The molecular formula is C15H21FN4O. The number of carbonyl (C=O) groups is 1. The van der Waals surface area contributed by atoms with Crippen molar-refractivity contribution >= 4 is 11.9 Å². The van der Waals surface area contributed by atoms with E-state index in [4.69, 9.17) is 0 Å². The first-order chi connectivity index (χ1) is 10.2. The Hall–Kier alpha value is -2.11. The number of nitrogens with one attached hydrogen (secondary N) is 3. The van der Waals surface area contributed by atoms with Gasteiger partial charge in [0.15, 0.2) is 5.96 Å². The third-order valence-electron chi connectivity index (χ3n) is 3.01. The van der Waals surface area contributed by atoms with Crippen LogP contribution in [-0.2, 0) is 11.3 Å². The van der Waals surface area contributed by atoms with E-state index in [2.05, 4.69) is 20.9 Å². The van der Waals surface area contributed by atoms with Crippen LogP contribution in [0.2, 0.25) is 0 Å². The second kappa shape index (κ2) is 7.61. The van der Waals surface area contributed by atoms with Gasteiger partial charge in [0.2, 0.25) is 5.91 Å². The van der Waals surface area contributed by atoms with Crippen LogP contribution in [0.4, 0.5) is 4.39 Å². The summed E-state index contributed by atoms with van der Waals surface area (Å²) >= 11 is 0. The standard InChI is InChI=1S/C15H21FN4O/c1-2-17-15(19-10-14(21)20-13-6-7-13)18-9-11-4-3-5-12(16)8-11/h3-5,8,13H,2,6-7,9-10H2,1H3,(H,20,21)(H2,17,18,19). The van der Waals surface area contributed by atoms with Crippen molar-refractivity contribution in [2.45, 2.75) is 32.4 Å². The van der Waals surface area contributed by atoms with Crippen molar-refractivity contribution in [2.24, 2.45) is 4.99 Å². The van der Waals surface area contributed by atoms with E-state index >= 15 is 0 Å². The Bertz CT molecular complexity index is 514. The third-order valence-corrected chi connectivity index (χ3v) is 3.01. The highest BCUT2D eigenvalue weighted by Gasteiger charge is 2.22. The zero-order chi connectivity index (χ0) is 15.1. The van der Waals surface area contributed by atoms with Crippen LogP contribution >= 0.6 is 0 Å². The van der Waals surface area contributed by atoms with E-state index in [-0.39, 0.29) is 18.3 Å². The summed E-state index contributed by atoms with van der Waals surface area (Å²) in [5, 5.41) is 8.93. The van der Waals surface area contributed by atoms with Crippen molar-refractivity contribution in [1.29, 1.82) is 0 Å². The summed E-state index contributed by atoms with van der Waals surface area (Å²) in [6.45, 7) is 3.19. The lowest BCUT2D eigenvalue weighted by molar-refractivity contribution is -0.120. The van der Waals surface area contributed by atoms with Gasteiger partial charge in [-0.1, -0.05) is 12.1 Å². The Balaban J connectivity index is 1.84. The minimum absolute atomic E-state index is 0.0335. The maximum atomic E-state index is 13.1. The van der Waals surface area contributed by atoms with Gasteiger partial charge in [-0.2, -0.15) is 0 Å². The largest absolute Gasteiger partial charge is 0.357 e. The molecule has 0 spiro atoms. The van der Waals surface area contributed by atoms with Crippen molar-refractivity contribution < 1.29 is 9.18 Å². The molecule has 1 aromatic carbocycles. The highest BCUT2D eigenvalue weighted by molar-refractivity contribution is 5.86. The molecule has 1 fully saturated rings. The molecule has 0 unspecified atom stereocenters. The molecule has 1 aromatic rings. The maximum absolute atomic E-state index is 13.1. The van der Waals surface area contributed by atoms with Crippen LogP contribution < -0.4 is 16.0 Å². The van der Waals surface area contributed by atoms with Gasteiger partial charge in [-0.05, 0) is 37.5 Å². The minimum Gasteiger partial charge on any atom is -0.357 e. The van der Waals surface area contributed by atoms with Gasteiger partial charge in [-0.3, -0.25) is 4.79 Å². The summed E-state index contributed by atoms with van der Waals surface area (Å²) in [4.78, 5) is 16.0. The molecule has 5 nitrogen and oxygen atoms in total.